The van der Waals surface area contributed by atoms with Crippen LogP contribution < -0.4 is 5.73 Å². The van der Waals surface area contributed by atoms with Gasteiger partial charge in [-0.1, -0.05) is 57.5 Å². The minimum atomic E-state index is -0.902. The van der Waals surface area contributed by atoms with Crippen molar-refractivity contribution >= 4 is 11.9 Å². The fourth-order valence-corrected chi connectivity index (χ4v) is 4.20. The average molecular weight is 390 g/mol. The number of carbonyl (C=O) groups excluding carboxylic acids is 2. The lowest BCUT2D eigenvalue weighted by molar-refractivity contribution is -0.157. The summed E-state index contributed by atoms with van der Waals surface area (Å²) in [7, 11) is 0. The first-order chi connectivity index (χ1) is 13.3. The van der Waals surface area contributed by atoms with Crippen molar-refractivity contribution in [2.45, 2.75) is 71.4 Å². The molecule has 0 unspecified atom stereocenters. The van der Waals surface area contributed by atoms with Gasteiger partial charge in [0.15, 0.2) is 0 Å². The van der Waals surface area contributed by atoms with E-state index in [0.717, 1.165) is 18.4 Å². The third-order valence-electron chi connectivity index (χ3n) is 5.85. The average Bonchev–Trinajstić information content (AvgIpc) is 2.66. The quantitative estimate of drug-likeness (QED) is 0.679. The molecule has 1 aromatic rings. The van der Waals surface area contributed by atoms with E-state index in [-0.39, 0.29) is 25.1 Å². The van der Waals surface area contributed by atoms with Gasteiger partial charge in [0.05, 0.1) is 13.0 Å². The Balaban J connectivity index is 2.12. The van der Waals surface area contributed by atoms with E-state index in [1.807, 2.05) is 30.3 Å². The van der Waals surface area contributed by atoms with Crippen LogP contribution in [0.5, 0.6) is 0 Å². The van der Waals surface area contributed by atoms with E-state index < -0.39 is 17.9 Å². The normalized spacial score (nSPS) is 24.4. The molecule has 0 heterocycles. The van der Waals surface area contributed by atoms with E-state index in [0.29, 0.717) is 17.8 Å². The molecular weight excluding hydrogens is 354 g/mol. The van der Waals surface area contributed by atoms with Crippen LogP contribution in [0.1, 0.15) is 64.9 Å². The Labute approximate surface area is 169 Å². The fourth-order valence-electron chi connectivity index (χ4n) is 4.20. The molecule has 0 amide bonds. The van der Waals surface area contributed by atoms with Gasteiger partial charge in [-0.25, -0.2) is 0 Å². The van der Waals surface area contributed by atoms with Crippen LogP contribution in [0.2, 0.25) is 0 Å². The van der Waals surface area contributed by atoms with Crippen molar-refractivity contribution in [3.05, 3.63) is 35.9 Å². The van der Waals surface area contributed by atoms with Crippen LogP contribution in [-0.4, -0.2) is 30.7 Å². The fraction of sp³-hybridized carbons (Fsp3) is 0.652. The molecule has 5 nitrogen and oxygen atoms in total. The zero-order valence-corrected chi connectivity index (χ0v) is 17.6. The number of ether oxygens (including phenoxy) is 2. The van der Waals surface area contributed by atoms with Gasteiger partial charge < -0.3 is 15.2 Å². The number of hydrogen-bond donors (Lipinski definition) is 1. The van der Waals surface area contributed by atoms with Crippen molar-refractivity contribution in [3.8, 4) is 0 Å². The Morgan fingerprint density at radius 1 is 1.18 bits per heavy atom. The number of benzene rings is 1. The second-order valence-corrected chi connectivity index (χ2v) is 8.35. The minimum Gasteiger partial charge on any atom is -0.465 e. The van der Waals surface area contributed by atoms with Gasteiger partial charge >= 0.3 is 11.9 Å². The second kappa shape index (κ2) is 10.6. The molecule has 28 heavy (non-hydrogen) atoms. The van der Waals surface area contributed by atoms with Gasteiger partial charge in [0.25, 0.3) is 0 Å². The molecule has 0 spiro atoms. The van der Waals surface area contributed by atoms with Gasteiger partial charge in [0, 0.05) is 5.92 Å². The lowest BCUT2D eigenvalue weighted by atomic mass is 9.75. The number of hydrogen-bond acceptors (Lipinski definition) is 5. The van der Waals surface area contributed by atoms with Crippen LogP contribution >= 0.6 is 0 Å². The van der Waals surface area contributed by atoms with Gasteiger partial charge in [-0.15, -0.1) is 0 Å². The summed E-state index contributed by atoms with van der Waals surface area (Å²) in [4.78, 5) is 25.0. The summed E-state index contributed by atoms with van der Waals surface area (Å²) in [6, 6.07) is 8.52. The van der Waals surface area contributed by atoms with Gasteiger partial charge in [-0.2, -0.15) is 0 Å². The minimum absolute atomic E-state index is 0.0634. The van der Waals surface area contributed by atoms with Gasteiger partial charge in [0.1, 0.15) is 12.1 Å². The highest BCUT2D eigenvalue weighted by Gasteiger charge is 2.35. The first-order valence-corrected chi connectivity index (χ1v) is 10.5. The largest absolute Gasteiger partial charge is 0.465 e. The molecule has 0 radical (unpaired) electrons. The Morgan fingerprint density at radius 3 is 2.46 bits per heavy atom. The molecule has 5 heteroatoms. The zero-order valence-electron chi connectivity index (χ0n) is 17.6. The maximum atomic E-state index is 12.8. The van der Waals surface area contributed by atoms with Crippen molar-refractivity contribution in [2.24, 2.45) is 23.5 Å². The first-order valence-electron chi connectivity index (χ1n) is 10.5. The summed E-state index contributed by atoms with van der Waals surface area (Å²) in [5.41, 5.74) is 7.02. The smallest absolute Gasteiger partial charge is 0.323 e. The summed E-state index contributed by atoms with van der Waals surface area (Å²) in [6.45, 7) is 8.58. The monoisotopic (exact) mass is 389 g/mol. The van der Waals surface area contributed by atoms with Crippen molar-refractivity contribution in [1.82, 2.24) is 0 Å². The molecule has 5 atom stereocenters. The Bertz CT molecular complexity index is 631. The molecule has 2 N–H and O–H groups in total. The summed E-state index contributed by atoms with van der Waals surface area (Å²) in [5.74, 6) is 0.158. The number of carbonyl (C=O) groups is 2. The lowest BCUT2D eigenvalue weighted by Gasteiger charge is -2.37. The Kier molecular flexibility index (Phi) is 8.49. The molecule has 1 aliphatic carbocycles. The molecule has 0 saturated heterocycles. The maximum absolute atomic E-state index is 12.8. The highest BCUT2D eigenvalue weighted by molar-refractivity contribution is 5.79. The highest BCUT2D eigenvalue weighted by atomic mass is 16.5. The number of nitrogens with two attached hydrogens (primary N) is 1. The standard InChI is InChI=1S/C23H35NO4/c1-5-27-23(26)22(24)19(17-9-7-6-8-10-17)14-21(25)28-20-13-16(4)11-12-18(20)15(2)3/h6-10,15-16,18-20,22H,5,11-14,24H2,1-4H3/t16-,18+,19+,20-,22+/m1/s1. The molecular formula is C23H35NO4. The number of rotatable bonds is 8. The van der Waals surface area contributed by atoms with E-state index in [1.165, 1.54) is 6.42 Å². The van der Waals surface area contributed by atoms with E-state index in [1.54, 1.807) is 6.92 Å². The molecule has 0 aromatic heterocycles. The molecule has 156 valence electrons. The van der Waals surface area contributed by atoms with Crippen LogP contribution in [0.25, 0.3) is 0 Å². The lowest BCUT2D eigenvalue weighted by Crippen LogP contribution is -2.40. The zero-order chi connectivity index (χ0) is 20.7. The predicted molar refractivity (Wildman–Crippen MR) is 110 cm³/mol. The molecule has 0 bridgehead atoms. The maximum Gasteiger partial charge on any atom is 0.323 e. The third-order valence-corrected chi connectivity index (χ3v) is 5.85. The van der Waals surface area contributed by atoms with E-state index >= 15 is 0 Å². The summed E-state index contributed by atoms with van der Waals surface area (Å²) in [6.07, 6.45) is 3.17. The van der Waals surface area contributed by atoms with Gasteiger partial charge in [-0.3, -0.25) is 9.59 Å². The molecule has 0 aliphatic heterocycles. The van der Waals surface area contributed by atoms with Crippen molar-refractivity contribution < 1.29 is 19.1 Å². The van der Waals surface area contributed by atoms with E-state index in [4.69, 9.17) is 15.2 Å². The van der Waals surface area contributed by atoms with Crippen LogP contribution in [0.15, 0.2) is 30.3 Å². The molecule has 1 fully saturated rings. The third kappa shape index (κ3) is 6.06. The number of esters is 2. The second-order valence-electron chi connectivity index (χ2n) is 8.35. The van der Waals surface area contributed by atoms with Crippen LogP contribution in [0.3, 0.4) is 0 Å². The molecule has 1 aliphatic rings. The molecule has 1 aromatic carbocycles. The highest BCUT2D eigenvalue weighted by Crippen LogP contribution is 2.36. The summed E-state index contributed by atoms with van der Waals surface area (Å²) < 4.78 is 11.0. The summed E-state index contributed by atoms with van der Waals surface area (Å²) >= 11 is 0. The van der Waals surface area contributed by atoms with Crippen molar-refractivity contribution in [1.29, 1.82) is 0 Å². The van der Waals surface area contributed by atoms with Crippen LogP contribution in [-0.2, 0) is 19.1 Å². The molecule has 2 rings (SSSR count). The van der Waals surface area contributed by atoms with E-state index in [2.05, 4.69) is 20.8 Å². The summed E-state index contributed by atoms with van der Waals surface area (Å²) in [5, 5.41) is 0. The Hall–Kier alpha value is -1.88. The predicted octanol–water partition coefficient (Wildman–Crippen LogP) is 4.05. The van der Waals surface area contributed by atoms with Gasteiger partial charge in [-0.05, 0) is 43.1 Å². The van der Waals surface area contributed by atoms with Crippen molar-refractivity contribution in [3.63, 3.8) is 0 Å². The van der Waals surface area contributed by atoms with Gasteiger partial charge in [0.2, 0.25) is 0 Å². The van der Waals surface area contributed by atoms with E-state index in [9.17, 15) is 9.59 Å². The Morgan fingerprint density at radius 2 is 1.86 bits per heavy atom. The van der Waals surface area contributed by atoms with Crippen LogP contribution in [0.4, 0.5) is 0 Å². The van der Waals surface area contributed by atoms with Crippen LogP contribution in [0, 0.1) is 17.8 Å². The topological polar surface area (TPSA) is 78.6 Å². The molecule has 1 saturated carbocycles. The van der Waals surface area contributed by atoms with Crippen molar-refractivity contribution in [2.75, 3.05) is 6.61 Å². The first kappa shape index (κ1) is 22.4. The SMILES string of the molecule is CCOC(=O)[C@@H](N)[C@@H](CC(=O)O[C@@H]1C[C@H](C)CC[C@H]1C(C)C)c1ccccc1.